The Balaban J connectivity index is 2.01. The van der Waals surface area contributed by atoms with Gasteiger partial charge in [-0.3, -0.25) is 10.2 Å². The summed E-state index contributed by atoms with van der Waals surface area (Å²) in [5.41, 5.74) is -0.411. The first-order valence-corrected chi connectivity index (χ1v) is 8.64. The SMILES string of the molecule is Cc1cccc2c1NC(=O)C21c2c(c3ccccc3oc2=O)OC(=N)C1C#N. The molecule has 5 rings (SSSR count). The lowest BCUT2D eigenvalue weighted by Crippen LogP contribution is -2.52. The molecule has 7 heteroatoms. The van der Waals surface area contributed by atoms with Crippen molar-refractivity contribution in [1.82, 2.24) is 0 Å². The van der Waals surface area contributed by atoms with Gasteiger partial charge in [0.1, 0.15) is 22.5 Å². The van der Waals surface area contributed by atoms with Crippen LogP contribution < -0.4 is 15.7 Å². The van der Waals surface area contributed by atoms with Crippen molar-refractivity contribution < 1.29 is 13.9 Å². The number of nitrogens with zero attached hydrogens (tertiary/aromatic N) is 1. The third kappa shape index (κ3) is 1.74. The van der Waals surface area contributed by atoms with Gasteiger partial charge in [-0.1, -0.05) is 30.3 Å². The maximum atomic E-state index is 13.3. The van der Waals surface area contributed by atoms with E-state index in [1.165, 1.54) is 0 Å². The fourth-order valence-corrected chi connectivity index (χ4v) is 4.26. The van der Waals surface area contributed by atoms with Crippen LogP contribution >= 0.6 is 0 Å². The number of amides is 1. The number of aryl methyl sites for hydroxylation is 1. The molecule has 0 aliphatic carbocycles. The lowest BCUT2D eigenvalue weighted by atomic mass is 9.65. The van der Waals surface area contributed by atoms with E-state index in [4.69, 9.17) is 14.6 Å². The molecule has 2 atom stereocenters. The lowest BCUT2D eigenvalue weighted by molar-refractivity contribution is -0.120. The minimum atomic E-state index is -1.70. The van der Waals surface area contributed by atoms with Crippen LogP contribution in [-0.4, -0.2) is 11.8 Å². The maximum Gasteiger partial charge on any atom is 0.344 e. The number of carbonyl (C=O) groups excluding carboxylic acids is 1. The highest BCUT2D eigenvalue weighted by molar-refractivity contribution is 6.14. The molecule has 0 fully saturated rings. The summed E-state index contributed by atoms with van der Waals surface area (Å²) >= 11 is 0. The molecule has 0 saturated heterocycles. The van der Waals surface area contributed by atoms with E-state index in [-0.39, 0.29) is 22.8 Å². The highest BCUT2D eigenvalue weighted by atomic mass is 16.5. The topological polar surface area (TPSA) is 116 Å². The van der Waals surface area contributed by atoms with E-state index < -0.39 is 22.9 Å². The van der Waals surface area contributed by atoms with Crippen LogP contribution in [0.1, 0.15) is 16.7 Å². The fraction of sp³-hybridized carbons (Fsp3) is 0.143. The number of rotatable bonds is 0. The van der Waals surface area contributed by atoms with E-state index >= 15 is 0 Å². The molecule has 136 valence electrons. The van der Waals surface area contributed by atoms with Crippen LogP contribution in [-0.2, 0) is 10.2 Å². The van der Waals surface area contributed by atoms with Gasteiger partial charge in [0, 0.05) is 5.69 Å². The van der Waals surface area contributed by atoms with E-state index in [9.17, 15) is 14.9 Å². The first-order valence-electron chi connectivity index (χ1n) is 8.64. The molecule has 2 aliphatic rings. The minimum Gasteiger partial charge on any atom is -0.441 e. The quantitative estimate of drug-likeness (QED) is 0.590. The molecular formula is C21H13N3O4. The van der Waals surface area contributed by atoms with Crippen LogP contribution in [0.5, 0.6) is 5.75 Å². The molecule has 2 aromatic carbocycles. The van der Waals surface area contributed by atoms with Crippen molar-refractivity contribution in [3.8, 4) is 11.8 Å². The van der Waals surface area contributed by atoms with Crippen molar-refractivity contribution in [2.24, 2.45) is 5.92 Å². The lowest BCUT2D eigenvalue weighted by Gasteiger charge is -2.36. The molecule has 0 radical (unpaired) electrons. The number of hydrogen-bond donors (Lipinski definition) is 2. The Labute approximate surface area is 158 Å². The second-order valence-electron chi connectivity index (χ2n) is 6.88. The molecule has 7 nitrogen and oxygen atoms in total. The Morgan fingerprint density at radius 3 is 2.75 bits per heavy atom. The van der Waals surface area contributed by atoms with Crippen LogP contribution in [0.15, 0.2) is 51.7 Å². The Bertz CT molecular complexity index is 1320. The largest absolute Gasteiger partial charge is 0.441 e. The molecule has 3 heterocycles. The zero-order chi connectivity index (χ0) is 19.6. The predicted octanol–water partition coefficient (Wildman–Crippen LogP) is 2.85. The Kier molecular flexibility index (Phi) is 3.08. The van der Waals surface area contributed by atoms with Crippen molar-refractivity contribution in [2.75, 3.05) is 5.32 Å². The number of benzene rings is 2. The zero-order valence-corrected chi connectivity index (χ0v) is 14.7. The number of para-hydroxylation sites is 2. The molecule has 1 amide bonds. The van der Waals surface area contributed by atoms with Gasteiger partial charge in [-0.05, 0) is 30.2 Å². The van der Waals surface area contributed by atoms with Gasteiger partial charge in [-0.2, -0.15) is 5.26 Å². The first kappa shape index (κ1) is 16.3. The maximum absolute atomic E-state index is 13.3. The van der Waals surface area contributed by atoms with Gasteiger partial charge in [0.15, 0.2) is 5.75 Å². The highest BCUT2D eigenvalue weighted by Crippen LogP contribution is 2.53. The summed E-state index contributed by atoms with van der Waals surface area (Å²) < 4.78 is 11.1. The Morgan fingerprint density at radius 1 is 1.18 bits per heavy atom. The Hall–Kier alpha value is -3.92. The number of fused-ring (bicyclic) bond motifs is 6. The summed E-state index contributed by atoms with van der Waals surface area (Å²) in [6.07, 6.45) is 0. The van der Waals surface area contributed by atoms with Gasteiger partial charge in [0.25, 0.3) is 0 Å². The summed E-state index contributed by atoms with van der Waals surface area (Å²) in [6.45, 7) is 1.83. The Morgan fingerprint density at radius 2 is 1.96 bits per heavy atom. The monoisotopic (exact) mass is 371 g/mol. The first-order chi connectivity index (χ1) is 13.5. The van der Waals surface area contributed by atoms with Crippen molar-refractivity contribution in [2.45, 2.75) is 12.3 Å². The van der Waals surface area contributed by atoms with E-state index in [1.807, 2.05) is 19.1 Å². The molecule has 2 unspecified atom stereocenters. The summed E-state index contributed by atoms with van der Waals surface area (Å²) in [5, 5.41) is 21.5. The number of nitrogens with one attached hydrogen (secondary N) is 2. The summed E-state index contributed by atoms with van der Waals surface area (Å²) in [5.74, 6) is -2.13. The van der Waals surface area contributed by atoms with Crippen molar-refractivity contribution >= 4 is 28.5 Å². The number of anilines is 1. The van der Waals surface area contributed by atoms with Crippen LogP contribution in [0.25, 0.3) is 11.0 Å². The summed E-state index contributed by atoms with van der Waals surface area (Å²) in [7, 11) is 0. The predicted molar refractivity (Wildman–Crippen MR) is 101 cm³/mol. The average molecular weight is 371 g/mol. The number of hydrogen-bond acceptors (Lipinski definition) is 6. The van der Waals surface area contributed by atoms with Crippen molar-refractivity contribution in [1.29, 1.82) is 10.7 Å². The van der Waals surface area contributed by atoms with Crippen molar-refractivity contribution in [3.05, 3.63) is 69.6 Å². The van der Waals surface area contributed by atoms with Crippen LogP contribution in [0.3, 0.4) is 0 Å². The number of carbonyl (C=O) groups is 1. The molecule has 28 heavy (non-hydrogen) atoms. The molecule has 0 bridgehead atoms. The third-order valence-electron chi connectivity index (χ3n) is 5.49. The van der Waals surface area contributed by atoms with Crippen molar-refractivity contribution in [3.63, 3.8) is 0 Å². The highest BCUT2D eigenvalue weighted by Gasteiger charge is 2.62. The fourth-order valence-electron chi connectivity index (χ4n) is 4.26. The number of nitriles is 1. The van der Waals surface area contributed by atoms with E-state index in [0.29, 0.717) is 16.6 Å². The zero-order valence-electron chi connectivity index (χ0n) is 14.7. The normalized spacial score (nSPS) is 22.4. The van der Waals surface area contributed by atoms with Gasteiger partial charge >= 0.3 is 5.63 Å². The second kappa shape index (κ2) is 5.30. The molecule has 1 spiro atoms. The van der Waals surface area contributed by atoms with Gasteiger partial charge in [-0.25, -0.2) is 4.79 Å². The standard InChI is InChI=1S/C21H13N3O4/c1-10-5-4-7-12-16(10)24-20(26)21(12)13(9-22)18(23)28-17-11-6-2-3-8-14(11)27-19(25)15(17)21/h2-8,13,23H,1H3,(H,24,26). The minimum absolute atomic E-state index is 0.0457. The van der Waals surface area contributed by atoms with Crippen LogP contribution in [0.4, 0.5) is 5.69 Å². The van der Waals surface area contributed by atoms with Gasteiger partial charge in [-0.15, -0.1) is 0 Å². The van der Waals surface area contributed by atoms with E-state index in [0.717, 1.165) is 5.56 Å². The molecule has 0 saturated carbocycles. The van der Waals surface area contributed by atoms with Gasteiger partial charge < -0.3 is 14.5 Å². The van der Waals surface area contributed by atoms with Crippen LogP contribution in [0, 0.1) is 29.6 Å². The van der Waals surface area contributed by atoms with Gasteiger partial charge in [0.2, 0.25) is 11.8 Å². The number of ether oxygens (including phenoxy) is 1. The molecule has 2 N–H and O–H groups in total. The average Bonchev–Trinajstić information content (AvgIpc) is 2.96. The van der Waals surface area contributed by atoms with Gasteiger partial charge in [0.05, 0.1) is 11.5 Å². The second-order valence-corrected chi connectivity index (χ2v) is 6.88. The summed E-state index contributed by atoms with van der Waals surface area (Å²) in [6, 6.07) is 14.0. The van der Waals surface area contributed by atoms with Crippen LogP contribution in [0.2, 0.25) is 0 Å². The third-order valence-corrected chi connectivity index (χ3v) is 5.49. The molecule has 1 aromatic heterocycles. The molecule has 2 aliphatic heterocycles. The van der Waals surface area contributed by atoms with E-state index in [1.54, 1.807) is 36.4 Å². The molecule has 3 aromatic rings. The van der Waals surface area contributed by atoms with E-state index in [2.05, 4.69) is 5.32 Å². The summed E-state index contributed by atoms with van der Waals surface area (Å²) in [4.78, 5) is 26.4. The molecular weight excluding hydrogens is 358 g/mol. The smallest absolute Gasteiger partial charge is 0.344 e.